The Kier molecular flexibility index (Phi) is 5.33. The summed E-state index contributed by atoms with van der Waals surface area (Å²) in [6, 6.07) is 5.53. The van der Waals surface area contributed by atoms with E-state index in [1.54, 1.807) is 12.3 Å². The Bertz CT molecular complexity index is 770. The standard InChI is InChI=1S/C19H24ClN3O2/c1-4-17-14(10-21-23(17)11-12(2)3)19(24)22-16-8-9-25-18-13(16)6-5-7-15(18)20/h5-7,10,12,16H,4,8-9,11H2,1-3H3,(H,22,24). The van der Waals surface area contributed by atoms with Crippen molar-refractivity contribution in [2.24, 2.45) is 5.92 Å². The molecule has 1 aliphatic heterocycles. The van der Waals surface area contributed by atoms with E-state index in [4.69, 9.17) is 16.3 Å². The molecular formula is C19H24ClN3O2. The van der Waals surface area contributed by atoms with Crippen LogP contribution in [0.25, 0.3) is 0 Å². The van der Waals surface area contributed by atoms with Gasteiger partial charge in [0.15, 0.2) is 0 Å². The minimum absolute atomic E-state index is 0.0929. The van der Waals surface area contributed by atoms with E-state index in [0.717, 1.165) is 30.6 Å². The van der Waals surface area contributed by atoms with Gasteiger partial charge in [-0.05, 0) is 18.4 Å². The molecule has 0 fully saturated rings. The van der Waals surface area contributed by atoms with Crippen molar-refractivity contribution in [1.29, 1.82) is 0 Å². The predicted molar refractivity (Wildman–Crippen MR) is 98.2 cm³/mol. The first-order valence-electron chi connectivity index (χ1n) is 8.78. The fourth-order valence-corrected chi connectivity index (χ4v) is 3.49. The molecule has 0 saturated carbocycles. The number of amides is 1. The van der Waals surface area contributed by atoms with Crippen LogP contribution in [0.1, 0.15) is 54.8 Å². The number of hydrogen-bond donors (Lipinski definition) is 1. The molecule has 1 atom stereocenters. The Morgan fingerprint density at radius 2 is 2.28 bits per heavy atom. The molecule has 1 aliphatic rings. The van der Waals surface area contributed by atoms with Crippen LogP contribution in [-0.2, 0) is 13.0 Å². The lowest BCUT2D eigenvalue weighted by molar-refractivity contribution is 0.0923. The molecule has 0 bridgehead atoms. The lowest BCUT2D eigenvalue weighted by Gasteiger charge is -2.27. The van der Waals surface area contributed by atoms with Crippen molar-refractivity contribution in [3.05, 3.63) is 46.2 Å². The van der Waals surface area contributed by atoms with Crippen molar-refractivity contribution in [3.63, 3.8) is 0 Å². The number of para-hydroxylation sites is 1. The maximum Gasteiger partial charge on any atom is 0.255 e. The second-order valence-corrected chi connectivity index (χ2v) is 7.16. The summed E-state index contributed by atoms with van der Waals surface area (Å²) in [7, 11) is 0. The van der Waals surface area contributed by atoms with E-state index in [9.17, 15) is 4.79 Å². The summed E-state index contributed by atoms with van der Waals surface area (Å²) in [5.74, 6) is 1.06. The molecular weight excluding hydrogens is 338 g/mol. The molecule has 1 unspecified atom stereocenters. The van der Waals surface area contributed by atoms with Crippen molar-refractivity contribution in [3.8, 4) is 5.75 Å². The third-order valence-corrected chi connectivity index (χ3v) is 4.70. The molecule has 0 radical (unpaired) electrons. The average molecular weight is 362 g/mol. The third-order valence-electron chi connectivity index (χ3n) is 4.40. The summed E-state index contributed by atoms with van der Waals surface area (Å²) >= 11 is 6.21. The zero-order chi connectivity index (χ0) is 18.0. The van der Waals surface area contributed by atoms with E-state index in [1.807, 2.05) is 23.7 Å². The van der Waals surface area contributed by atoms with Crippen molar-refractivity contribution in [2.45, 2.75) is 46.2 Å². The highest BCUT2D eigenvalue weighted by Gasteiger charge is 2.26. The number of fused-ring (bicyclic) bond motifs is 1. The molecule has 1 aromatic carbocycles. The van der Waals surface area contributed by atoms with E-state index >= 15 is 0 Å². The maximum absolute atomic E-state index is 12.8. The molecule has 3 rings (SSSR count). The molecule has 0 aliphatic carbocycles. The molecule has 0 spiro atoms. The van der Waals surface area contributed by atoms with Crippen LogP contribution in [0.5, 0.6) is 5.75 Å². The van der Waals surface area contributed by atoms with Crippen molar-refractivity contribution >= 4 is 17.5 Å². The van der Waals surface area contributed by atoms with Gasteiger partial charge in [0.25, 0.3) is 5.91 Å². The third kappa shape index (κ3) is 3.66. The molecule has 134 valence electrons. The molecule has 2 aromatic rings. The first-order chi connectivity index (χ1) is 12.0. The van der Waals surface area contributed by atoms with Gasteiger partial charge in [0, 0.05) is 18.5 Å². The van der Waals surface area contributed by atoms with Crippen molar-refractivity contribution in [1.82, 2.24) is 15.1 Å². The summed E-state index contributed by atoms with van der Waals surface area (Å²) in [4.78, 5) is 12.8. The van der Waals surface area contributed by atoms with Crippen LogP contribution in [0.15, 0.2) is 24.4 Å². The highest BCUT2D eigenvalue weighted by atomic mass is 35.5. The van der Waals surface area contributed by atoms with E-state index in [2.05, 4.69) is 24.3 Å². The monoisotopic (exact) mass is 361 g/mol. The van der Waals surface area contributed by atoms with Crippen LogP contribution in [0.3, 0.4) is 0 Å². The van der Waals surface area contributed by atoms with Crippen LogP contribution in [-0.4, -0.2) is 22.3 Å². The number of benzene rings is 1. The van der Waals surface area contributed by atoms with E-state index in [0.29, 0.717) is 28.9 Å². The van der Waals surface area contributed by atoms with Gasteiger partial charge in [-0.15, -0.1) is 0 Å². The van der Waals surface area contributed by atoms with Crippen LogP contribution in [0, 0.1) is 5.92 Å². The van der Waals surface area contributed by atoms with Gasteiger partial charge in [0.05, 0.1) is 35.1 Å². The largest absolute Gasteiger partial charge is 0.492 e. The summed E-state index contributed by atoms with van der Waals surface area (Å²) in [6.45, 7) is 7.68. The fraction of sp³-hybridized carbons (Fsp3) is 0.474. The highest BCUT2D eigenvalue weighted by Crippen LogP contribution is 2.37. The molecule has 0 saturated heterocycles. The minimum atomic E-state index is -0.104. The summed E-state index contributed by atoms with van der Waals surface area (Å²) in [6.07, 6.45) is 3.17. The zero-order valence-corrected chi connectivity index (χ0v) is 15.6. The van der Waals surface area contributed by atoms with Gasteiger partial charge in [-0.1, -0.05) is 44.5 Å². The van der Waals surface area contributed by atoms with Gasteiger partial charge >= 0.3 is 0 Å². The topological polar surface area (TPSA) is 56.1 Å². The lowest BCUT2D eigenvalue weighted by atomic mass is 10.00. The minimum Gasteiger partial charge on any atom is -0.492 e. The molecule has 6 heteroatoms. The number of carbonyl (C=O) groups is 1. The number of aromatic nitrogens is 2. The van der Waals surface area contributed by atoms with Gasteiger partial charge in [-0.3, -0.25) is 9.48 Å². The number of hydrogen-bond acceptors (Lipinski definition) is 3. The van der Waals surface area contributed by atoms with E-state index < -0.39 is 0 Å². The van der Waals surface area contributed by atoms with Crippen LogP contribution < -0.4 is 10.1 Å². The quantitative estimate of drug-likeness (QED) is 0.875. The summed E-state index contributed by atoms with van der Waals surface area (Å²) in [5, 5.41) is 8.12. The first-order valence-corrected chi connectivity index (χ1v) is 9.15. The Balaban J connectivity index is 1.82. The number of ether oxygens (including phenoxy) is 1. The Labute approximate surface area is 153 Å². The van der Waals surface area contributed by atoms with Gasteiger partial charge in [-0.25, -0.2) is 0 Å². The zero-order valence-electron chi connectivity index (χ0n) is 14.9. The summed E-state index contributed by atoms with van der Waals surface area (Å²) in [5.41, 5.74) is 2.56. The predicted octanol–water partition coefficient (Wildman–Crippen LogP) is 4.01. The molecule has 2 heterocycles. The van der Waals surface area contributed by atoms with Crippen LogP contribution in [0.2, 0.25) is 5.02 Å². The second kappa shape index (κ2) is 7.48. The fourth-order valence-electron chi connectivity index (χ4n) is 3.25. The van der Waals surface area contributed by atoms with E-state index in [-0.39, 0.29) is 11.9 Å². The number of nitrogens with one attached hydrogen (secondary N) is 1. The molecule has 1 amide bonds. The number of nitrogens with zero attached hydrogens (tertiary/aromatic N) is 2. The first kappa shape index (κ1) is 17.8. The maximum atomic E-state index is 12.8. The van der Waals surface area contributed by atoms with Gasteiger partial charge in [0.1, 0.15) is 5.75 Å². The average Bonchev–Trinajstić information content (AvgIpc) is 2.97. The number of rotatable bonds is 5. The van der Waals surface area contributed by atoms with Crippen molar-refractivity contribution in [2.75, 3.05) is 6.61 Å². The Hall–Kier alpha value is -2.01. The SMILES string of the molecule is CCc1c(C(=O)NC2CCOc3c(Cl)cccc32)cnn1CC(C)C. The van der Waals surface area contributed by atoms with Gasteiger partial charge in [0.2, 0.25) is 0 Å². The molecule has 25 heavy (non-hydrogen) atoms. The Morgan fingerprint density at radius 1 is 1.48 bits per heavy atom. The van der Waals surface area contributed by atoms with Crippen molar-refractivity contribution < 1.29 is 9.53 Å². The van der Waals surface area contributed by atoms with Gasteiger partial charge < -0.3 is 10.1 Å². The molecule has 5 nitrogen and oxygen atoms in total. The summed E-state index contributed by atoms with van der Waals surface area (Å²) < 4.78 is 7.60. The van der Waals surface area contributed by atoms with Crippen LogP contribution in [0.4, 0.5) is 0 Å². The molecule has 1 aromatic heterocycles. The Morgan fingerprint density at radius 3 is 3.00 bits per heavy atom. The molecule has 1 N–H and O–H groups in total. The normalized spacial score (nSPS) is 16.4. The van der Waals surface area contributed by atoms with E-state index in [1.165, 1.54) is 0 Å². The smallest absolute Gasteiger partial charge is 0.255 e. The van der Waals surface area contributed by atoms with Crippen LogP contribution >= 0.6 is 11.6 Å². The highest BCUT2D eigenvalue weighted by molar-refractivity contribution is 6.32. The second-order valence-electron chi connectivity index (χ2n) is 6.76. The lowest BCUT2D eigenvalue weighted by Crippen LogP contribution is -2.32. The van der Waals surface area contributed by atoms with Gasteiger partial charge in [-0.2, -0.15) is 5.10 Å². The number of halogens is 1. The number of carbonyl (C=O) groups excluding carboxylic acids is 1.